The lowest BCUT2D eigenvalue weighted by Crippen LogP contribution is -2.38. The summed E-state index contributed by atoms with van der Waals surface area (Å²) < 4.78 is 75.2. The van der Waals surface area contributed by atoms with Gasteiger partial charge in [-0.15, -0.1) is 0 Å². The number of carboxylic acids is 1. The molecule has 73 heavy (non-hydrogen) atoms. The van der Waals surface area contributed by atoms with E-state index in [1.807, 2.05) is 19.2 Å². The normalized spacial score (nSPS) is 12.5. The minimum Gasteiger partial charge on any atom is -0.497 e. The van der Waals surface area contributed by atoms with Gasteiger partial charge in [-0.2, -0.15) is 8.61 Å². The van der Waals surface area contributed by atoms with Gasteiger partial charge in [-0.05, 0) is 158 Å². The number of carboxylic acid groups (broad SMARTS) is 1. The Morgan fingerprint density at radius 1 is 0.562 bits per heavy atom. The molecule has 408 valence electrons. The Hall–Kier alpha value is -4.96. The fourth-order valence-corrected chi connectivity index (χ4v) is 10.6. The molecule has 0 aromatic heterocycles. The van der Waals surface area contributed by atoms with Crippen LogP contribution in [0, 0.1) is 27.7 Å². The number of methoxy groups -OCH3 is 2. The van der Waals surface area contributed by atoms with Crippen molar-refractivity contribution in [2.24, 2.45) is 0 Å². The molecule has 19 heteroatoms. The summed E-state index contributed by atoms with van der Waals surface area (Å²) in [4.78, 5) is 29.9. The van der Waals surface area contributed by atoms with E-state index in [0.717, 1.165) is 42.3 Å². The van der Waals surface area contributed by atoms with Crippen molar-refractivity contribution in [3.05, 3.63) is 117 Å². The smallest absolute Gasteiger partial charge is 0.332 e. The van der Waals surface area contributed by atoms with E-state index >= 15 is 0 Å². The highest BCUT2D eigenvalue weighted by Gasteiger charge is 2.28. The number of rotatable bonds is 26. The molecule has 4 rings (SSSR count). The van der Waals surface area contributed by atoms with Gasteiger partial charge in [-0.3, -0.25) is 4.79 Å². The van der Waals surface area contributed by atoms with E-state index in [0.29, 0.717) is 40.3 Å². The first-order valence-corrected chi connectivity index (χ1v) is 27.1. The van der Waals surface area contributed by atoms with E-state index in [1.54, 1.807) is 77.9 Å². The average Bonchev–Trinajstić information content (AvgIpc) is 3.32. The Bertz CT molecular complexity index is 2510. The van der Waals surface area contributed by atoms with E-state index in [2.05, 4.69) is 79.7 Å². The quantitative estimate of drug-likeness (QED) is 0.0742. The number of nitrogens with one attached hydrogen (secondary N) is 1. The summed E-state index contributed by atoms with van der Waals surface area (Å²) >= 11 is 0. The van der Waals surface area contributed by atoms with Crippen molar-refractivity contribution in [3.8, 4) is 11.5 Å². The zero-order chi connectivity index (χ0) is 55.2. The van der Waals surface area contributed by atoms with Crippen LogP contribution in [0.4, 0.5) is 0 Å². The monoisotopic (exact) mass is 1060 g/mol. The van der Waals surface area contributed by atoms with Crippen molar-refractivity contribution in [1.29, 1.82) is 0 Å². The molecule has 2 atom stereocenters. The van der Waals surface area contributed by atoms with Gasteiger partial charge in [0, 0.05) is 60.4 Å². The molecule has 0 heterocycles. The van der Waals surface area contributed by atoms with E-state index in [4.69, 9.17) is 24.1 Å². The van der Waals surface area contributed by atoms with Gasteiger partial charge in [0.05, 0.1) is 37.2 Å². The van der Waals surface area contributed by atoms with Crippen LogP contribution < -0.4 is 14.8 Å². The van der Waals surface area contributed by atoms with Crippen LogP contribution in [0.25, 0.3) is 0 Å². The Balaban J connectivity index is 0.000000419. The minimum absolute atomic E-state index is 0.00253. The second-order valence-corrected chi connectivity index (χ2v) is 22.6. The number of amides is 1. The highest BCUT2D eigenvalue weighted by atomic mass is 32.2. The zero-order valence-corrected chi connectivity index (χ0v) is 47.9. The van der Waals surface area contributed by atoms with Crippen LogP contribution in [0.1, 0.15) is 58.4 Å². The van der Waals surface area contributed by atoms with E-state index in [-0.39, 0.29) is 42.0 Å². The van der Waals surface area contributed by atoms with Crippen molar-refractivity contribution in [3.63, 3.8) is 0 Å². The number of hydrogen-bond donors (Lipinski definition) is 2. The van der Waals surface area contributed by atoms with Crippen LogP contribution in [0.5, 0.6) is 11.5 Å². The summed E-state index contributed by atoms with van der Waals surface area (Å²) in [7, 11) is 10.7. The Morgan fingerprint density at radius 2 is 0.904 bits per heavy atom. The molecule has 4 aromatic rings. The van der Waals surface area contributed by atoms with Crippen molar-refractivity contribution in [2.75, 3.05) is 110 Å². The van der Waals surface area contributed by atoms with Gasteiger partial charge < -0.3 is 44.1 Å². The summed E-state index contributed by atoms with van der Waals surface area (Å²) in [6.45, 7) is 13.8. The van der Waals surface area contributed by atoms with E-state index < -0.39 is 38.2 Å². The van der Waals surface area contributed by atoms with Crippen LogP contribution in [-0.4, -0.2) is 179 Å². The van der Waals surface area contributed by atoms with Crippen molar-refractivity contribution in [2.45, 2.75) is 89.5 Å². The molecule has 17 nitrogen and oxygen atoms in total. The van der Waals surface area contributed by atoms with E-state index in [9.17, 15) is 26.4 Å². The summed E-state index contributed by atoms with van der Waals surface area (Å²) in [6.07, 6.45) is 0.451. The fraction of sp³-hybridized carbons (Fsp3) is 0.519. The summed E-state index contributed by atoms with van der Waals surface area (Å²) in [5.41, 5.74) is 7.49. The molecule has 0 bridgehead atoms. The van der Waals surface area contributed by atoms with Gasteiger partial charge in [0.1, 0.15) is 17.6 Å². The van der Waals surface area contributed by atoms with Crippen LogP contribution in [0.15, 0.2) is 82.6 Å². The Kier molecular flexibility index (Phi) is 27.3. The topological polar surface area (TPSA) is 188 Å². The number of aliphatic carboxylic acids is 1. The number of carbonyl (C=O) groups excluding carboxylic acids is 1. The third-order valence-corrected chi connectivity index (χ3v) is 16.2. The highest BCUT2D eigenvalue weighted by molar-refractivity contribution is 7.89. The van der Waals surface area contributed by atoms with Crippen molar-refractivity contribution < 1.29 is 50.5 Å². The van der Waals surface area contributed by atoms with Crippen molar-refractivity contribution in [1.82, 2.24) is 28.6 Å². The zero-order valence-electron chi connectivity index (χ0n) is 46.2. The number of likely N-dealkylation sites (N-methyl/N-ethyl adjacent to an activating group) is 5. The Morgan fingerprint density at radius 3 is 1.23 bits per heavy atom. The first-order valence-electron chi connectivity index (χ1n) is 24.2. The molecule has 0 saturated carbocycles. The molecule has 0 radical (unpaired) electrons. The first kappa shape index (κ1) is 64.2. The maximum absolute atomic E-state index is 13.1. The van der Waals surface area contributed by atoms with Crippen LogP contribution >= 0.6 is 0 Å². The molecule has 0 aliphatic carbocycles. The molecule has 2 unspecified atom stereocenters. The molecule has 4 aromatic carbocycles. The third kappa shape index (κ3) is 21.1. The predicted octanol–water partition coefficient (Wildman–Crippen LogP) is 6.03. The lowest BCUT2D eigenvalue weighted by atomic mass is 10.1. The Labute approximate surface area is 437 Å². The maximum Gasteiger partial charge on any atom is 0.332 e. The van der Waals surface area contributed by atoms with Crippen LogP contribution in [0.2, 0.25) is 0 Å². The number of nitrogens with zero attached hydrogens (tertiary/aromatic N) is 5. The first-order chi connectivity index (χ1) is 34.2. The summed E-state index contributed by atoms with van der Waals surface area (Å²) in [5, 5.41) is 11.9. The number of carbonyl (C=O) groups is 2. The lowest BCUT2D eigenvalue weighted by Gasteiger charge is -2.24. The molecule has 0 aliphatic heterocycles. The third-order valence-electron chi connectivity index (χ3n) is 11.8. The van der Waals surface area contributed by atoms with Gasteiger partial charge >= 0.3 is 5.97 Å². The van der Waals surface area contributed by atoms with Gasteiger partial charge in [-0.25, -0.2) is 21.6 Å². The van der Waals surface area contributed by atoms with E-state index in [1.165, 1.54) is 49.1 Å². The second kappa shape index (κ2) is 31.0. The van der Waals surface area contributed by atoms with Gasteiger partial charge in [0.2, 0.25) is 20.0 Å². The average molecular weight is 1060 g/mol. The molecular formula is C54H84N6O11S2. The SMILES string of the molecule is CNCc1ccc(CCN(C)C)cc1.COc1cc(C)c(S(=O)(=O)N(C)CCOC(C)C(=O)N(C)Cc2ccc(CCN(C)C)cc2)c(C)c1.COc1cc(C)c(S(=O)(=O)N(C)CCOC(C)C(=O)O)c(C)c1. The number of hydrogen-bond acceptors (Lipinski definition) is 13. The summed E-state index contributed by atoms with van der Waals surface area (Å²) in [5.74, 6) is -0.0247. The summed E-state index contributed by atoms with van der Waals surface area (Å²) in [6, 6.07) is 23.9. The highest BCUT2D eigenvalue weighted by Crippen LogP contribution is 2.29. The fourth-order valence-electron chi connectivity index (χ4n) is 7.49. The number of sulfonamides is 2. The molecule has 1 amide bonds. The standard InChI is InChI=1S/C27H41N3O5S.C15H23NO6S.C12H20N2/c1-20-17-25(34-8)18-21(2)26(20)36(32,33)30(7)15-16-35-22(3)27(31)29(6)19-24-11-9-23(10-12-24)13-14-28(4)5;1-10-8-13(21-5)9-11(2)14(10)23(19,20)16(4)6-7-22-12(3)15(17)18;1-13-10-12-6-4-11(5-7-12)8-9-14(2)3/h9-12,17-18,22H,13-16,19H2,1-8H3;8-9,12H,6-7H2,1-5H3,(H,17,18);4-7,13H,8-10H2,1-3H3. The molecule has 0 aliphatic rings. The van der Waals surface area contributed by atoms with Crippen LogP contribution in [0.3, 0.4) is 0 Å². The predicted molar refractivity (Wildman–Crippen MR) is 290 cm³/mol. The van der Waals surface area contributed by atoms with Gasteiger partial charge in [-0.1, -0.05) is 48.5 Å². The number of ether oxygens (including phenoxy) is 4. The molecular weight excluding hydrogens is 973 g/mol. The number of benzene rings is 4. The second-order valence-electron chi connectivity index (χ2n) is 18.7. The molecule has 0 spiro atoms. The lowest BCUT2D eigenvalue weighted by molar-refractivity contribution is -0.149. The molecule has 2 N–H and O–H groups in total. The van der Waals surface area contributed by atoms with Gasteiger partial charge in [0.25, 0.3) is 5.91 Å². The molecule has 0 saturated heterocycles. The van der Waals surface area contributed by atoms with Crippen molar-refractivity contribution >= 4 is 31.9 Å². The minimum atomic E-state index is -3.71. The van der Waals surface area contributed by atoms with Gasteiger partial charge in [0.15, 0.2) is 6.10 Å². The van der Waals surface area contributed by atoms with Crippen LogP contribution in [-0.2, 0) is 65.0 Å². The molecule has 0 fully saturated rings. The number of aryl methyl sites for hydroxylation is 4. The largest absolute Gasteiger partial charge is 0.497 e. The maximum atomic E-state index is 13.1.